The van der Waals surface area contributed by atoms with E-state index < -0.39 is 16.7 Å². The van der Waals surface area contributed by atoms with Crippen LogP contribution in [0, 0.1) is 0 Å². The van der Waals surface area contributed by atoms with Gasteiger partial charge in [-0.15, -0.1) is 0 Å². The lowest BCUT2D eigenvalue weighted by molar-refractivity contribution is 0.102. The molecule has 0 unspecified atom stereocenters. The van der Waals surface area contributed by atoms with E-state index in [0.717, 1.165) is 5.56 Å². The van der Waals surface area contributed by atoms with Crippen LogP contribution in [0.3, 0.4) is 0 Å². The van der Waals surface area contributed by atoms with Gasteiger partial charge in [-0.1, -0.05) is 40.9 Å². The SMILES string of the molecule is O=C(Nc1c2c(nn1-c1cccc(Cl)c1)C[S@@](=O)C2)c1cc(Cl)ccc1Cl. The van der Waals surface area contributed by atoms with Gasteiger partial charge in [0.2, 0.25) is 0 Å². The van der Waals surface area contributed by atoms with Crippen molar-refractivity contribution >= 4 is 57.3 Å². The maximum Gasteiger partial charge on any atom is 0.258 e. The largest absolute Gasteiger partial charge is 0.306 e. The molecule has 1 aromatic heterocycles. The third-order valence-corrected chi connectivity index (χ3v) is 6.13. The van der Waals surface area contributed by atoms with Gasteiger partial charge in [0, 0.05) is 26.4 Å². The molecule has 1 aliphatic rings. The van der Waals surface area contributed by atoms with Gasteiger partial charge in [-0.25, -0.2) is 4.68 Å². The number of carbonyl (C=O) groups excluding carboxylic acids is 1. The number of halogens is 3. The van der Waals surface area contributed by atoms with Gasteiger partial charge in [0.25, 0.3) is 5.91 Å². The zero-order chi connectivity index (χ0) is 19.1. The van der Waals surface area contributed by atoms with Crippen LogP contribution in [0.15, 0.2) is 42.5 Å². The summed E-state index contributed by atoms with van der Waals surface area (Å²) in [7, 11) is -1.04. The van der Waals surface area contributed by atoms with E-state index >= 15 is 0 Å². The molecule has 0 bridgehead atoms. The zero-order valence-electron chi connectivity index (χ0n) is 13.7. The highest BCUT2D eigenvalue weighted by Gasteiger charge is 2.29. The summed E-state index contributed by atoms with van der Waals surface area (Å²) in [6.07, 6.45) is 0. The highest BCUT2D eigenvalue weighted by molar-refractivity contribution is 7.83. The summed E-state index contributed by atoms with van der Waals surface area (Å²) in [6.45, 7) is 0. The molecule has 0 saturated heterocycles. The average Bonchev–Trinajstić information content (AvgIpc) is 3.14. The maximum absolute atomic E-state index is 12.8. The Hall–Kier alpha value is -1.86. The first-order chi connectivity index (χ1) is 12.9. The number of fused-ring (bicyclic) bond motifs is 1. The molecule has 0 saturated carbocycles. The lowest BCUT2D eigenvalue weighted by Gasteiger charge is -2.12. The molecule has 0 fully saturated rings. The van der Waals surface area contributed by atoms with Crippen LogP contribution >= 0.6 is 34.8 Å². The first kappa shape index (κ1) is 18.5. The molecule has 2 aromatic carbocycles. The quantitative estimate of drug-likeness (QED) is 0.633. The molecular weight excluding hydrogens is 429 g/mol. The predicted octanol–water partition coefficient (Wildman–Crippen LogP) is 4.85. The lowest BCUT2D eigenvalue weighted by atomic mass is 10.2. The number of aromatic nitrogens is 2. The van der Waals surface area contributed by atoms with Gasteiger partial charge in [0.15, 0.2) is 0 Å². The number of rotatable bonds is 3. The second kappa shape index (κ2) is 7.28. The van der Waals surface area contributed by atoms with Gasteiger partial charge < -0.3 is 5.32 Å². The van der Waals surface area contributed by atoms with Crippen LogP contribution in [0.1, 0.15) is 21.6 Å². The van der Waals surface area contributed by atoms with Gasteiger partial charge in [0.05, 0.1) is 33.5 Å². The summed E-state index contributed by atoms with van der Waals surface area (Å²) in [5.74, 6) is 0.712. The van der Waals surface area contributed by atoms with Crippen molar-refractivity contribution in [3.63, 3.8) is 0 Å². The van der Waals surface area contributed by atoms with E-state index in [9.17, 15) is 9.00 Å². The van der Waals surface area contributed by atoms with Crippen molar-refractivity contribution in [2.75, 3.05) is 5.32 Å². The van der Waals surface area contributed by atoms with Crippen molar-refractivity contribution < 1.29 is 9.00 Å². The van der Waals surface area contributed by atoms with E-state index in [1.165, 1.54) is 6.07 Å². The first-order valence-corrected chi connectivity index (χ1v) is 10.5. The standard InChI is InChI=1S/C18H12Cl3N3O2S/c19-10-2-1-3-12(6-10)24-17(14-8-27(26)9-16(14)23-24)22-18(25)13-7-11(20)4-5-15(13)21/h1-7H,8-9H2,(H,22,25)/t27-/m0/s1. The number of anilines is 1. The van der Waals surface area contributed by atoms with Crippen molar-refractivity contribution in [2.24, 2.45) is 0 Å². The van der Waals surface area contributed by atoms with Crippen molar-refractivity contribution in [1.82, 2.24) is 9.78 Å². The Labute approximate surface area is 172 Å². The fraction of sp³-hybridized carbons (Fsp3) is 0.111. The molecule has 3 aromatic rings. The van der Waals surface area contributed by atoms with E-state index in [1.54, 1.807) is 35.0 Å². The fourth-order valence-corrected chi connectivity index (χ4v) is 4.72. The van der Waals surface area contributed by atoms with Gasteiger partial charge in [-0.3, -0.25) is 9.00 Å². The fourth-order valence-electron chi connectivity index (χ4n) is 2.90. The van der Waals surface area contributed by atoms with Gasteiger partial charge in [-0.05, 0) is 36.4 Å². The number of benzene rings is 2. The Morgan fingerprint density at radius 3 is 2.63 bits per heavy atom. The van der Waals surface area contributed by atoms with Crippen LogP contribution in [0.2, 0.25) is 15.1 Å². The number of amides is 1. The van der Waals surface area contributed by atoms with E-state index in [-0.39, 0.29) is 10.6 Å². The van der Waals surface area contributed by atoms with E-state index in [2.05, 4.69) is 10.4 Å². The molecule has 5 nitrogen and oxygen atoms in total. The summed E-state index contributed by atoms with van der Waals surface area (Å²) in [5, 5.41) is 8.61. The van der Waals surface area contributed by atoms with Gasteiger partial charge in [-0.2, -0.15) is 5.10 Å². The monoisotopic (exact) mass is 439 g/mol. The summed E-state index contributed by atoms with van der Waals surface area (Å²) in [5.41, 5.74) is 2.38. The lowest BCUT2D eigenvalue weighted by Crippen LogP contribution is -2.17. The third kappa shape index (κ3) is 3.62. The number of hydrogen-bond donors (Lipinski definition) is 1. The maximum atomic E-state index is 12.8. The van der Waals surface area contributed by atoms with E-state index in [1.807, 2.05) is 6.07 Å². The van der Waals surface area contributed by atoms with Crippen molar-refractivity contribution in [3.05, 3.63) is 74.4 Å². The highest BCUT2D eigenvalue weighted by atomic mass is 35.5. The predicted molar refractivity (Wildman–Crippen MR) is 109 cm³/mol. The second-order valence-corrected chi connectivity index (χ2v) is 8.71. The summed E-state index contributed by atoms with van der Waals surface area (Å²) in [6, 6.07) is 11.8. The van der Waals surface area contributed by atoms with Crippen LogP contribution in [0.25, 0.3) is 5.69 Å². The molecule has 9 heteroatoms. The van der Waals surface area contributed by atoms with Crippen LogP contribution in [0.5, 0.6) is 0 Å². The molecule has 27 heavy (non-hydrogen) atoms. The Kier molecular flexibility index (Phi) is 4.99. The summed E-state index contributed by atoms with van der Waals surface area (Å²) >= 11 is 18.2. The minimum atomic E-state index is -1.04. The molecule has 1 amide bonds. The first-order valence-electron chi connectivity index (χ1n) is 7.90. The number of nitrogens with zero attached hydrogens (tertiary/aromatic N) is 2. The van der Waals surface area contributed by atoms with Crippen molar-refractivity contribution in [2.45, 2.75) is 11.5 Å². The van der Waals surface area contributed by atoms with Crippen LogP contribution in [-0.2, 0) is 22.3 Å². The van der Waals surface area contributed by atoms with Gasteiger partial charge >= 0.3 is 0 Å². The van der Waals surface area contributed by atoms with E-state index in [0.29, 0.717) is 38.8 Å². The zero-order valence-corrected chi connectivity index (χ0v) is 16.8. The second-order valence-electron chi connectivity index (χ2n) is 5.97. The summed E-state index contributed by atoms with van der Waals surface area (Å²) < 4.78 is 13.6. The average molecular weight is 441 g/mol. The molecule has 0 spiro atoms. The molecule has 1 N–H and O–H groups in total. The van der Waals surface area contributed by atoms with Gasteiger partial charge in [0.1, 0.15) is 5.82 Å². The molecule has 1 atom stereocenters. The minimum absolute atomic E-state index is 0.246. The molecule has 4 rings (SSSR count). The number of carbonyl (C=O) groups is 1. The molecule has 2 heterocycles. The Bertz CT molecular complexity index is 1100. The van der Waals surface area contributed by atoms with Crippen LogP contribution in [0.4, 0.5) is 5.82 Å². The molecule has 0 radical (unpaired) electrons. The molecule has 138 valence electrons. The molecule has 0 aliphatic carbocycles. The number of hydrogen-bond acceptors (Lipinski definition) is 3. The Balaban J connectivity index is 1.78. The van der Waals surface area contributed by atoms with Crippen LogP contribution in [-0.4, -0.2) is 19.9 Å². The van der Waals surface area contributed by atoms with E-state index in [4.69, 9.17) is 34.8 Å². The van der Waals surface area contributed by atoms with Crippen molar-refractivity contribution in [1.29, 1.82) is 0 Å². The minimum Gasteiger partial charge on any atom is -0.306 e. The smallest absolute Gasteiger partial charge is 0.258 e. The highest BCUT2D eigenvalue weighted by Crippen LogP contribution is 2.32. The molecular formula is C18H12Cl3N3O2S. The Morgan fingerprint density at radius 1 is 1.07 bits per heavy atom. The topological polar surface area (TPSA) is 64.0 Å². The van der Waals surface area contributed by atoms with Crippen molar-refractivity contribution in [3.8, 4) is 5.69 Å². The Morgan fingerprint density at radius 2 is 1.85 bits per heavy atom. The number of nitrogens with one attached hydrogen (secondary N) is 1. The molecule has 1 aliphatic heterocycles. The summed E-state index contributed by atoms with van der Waals surface area (Å²) in [4.78, 5) is 12.8. The van der Waals surface area contributed by atoms with Crippen LogP contribution < -0.4 is 5.32 Å². The third-order valence-electron chi connectivity index (χ3n) is 4.13. The normalized spacial score (nSPS) is 15.6.